The number of nitrogens with zero attached hydrogens (tertiary/aromatic N) is 1. The van der Waals surface area contributed by atoms with Gasteiger partial charge in [-0.25, -0.2) is 26.3 Å². The summed E-state index contributed by atoms with van der Waals surface area (Å²) in [4.78, 5) is 2.03. The highest BCUT2D eigenvalue weighted by molar-refractivity contribution is 5.93. The third-order valence-corrected chi connectivity index (χ3v) is 16.9. The molecule has 14 rings (SSSR count). The van der Waals surface area contributed by atoms with Gasteiger partial charge in [0.25, 0.3) is 0 Å². The van der Waals surface area contributed by atoms with Crippen molar-refractivity contribution in [3.8, 4) is 56.4 Å². The summed E-state index contributed by atoms with van der Waals surface area (Å²) in [5.74, 6) is -4.93. The molecule has 2 aliphatic carbocycles. The lowest BCUT2D eigenvalue weighted by Gasteiger charge is -2.36. The molecule has 0 amide bonds. The van der Waals surface area contributed by atoms with E-state index in [9.17, 15) is 0 Å². The summed E-state index contributed by atoms with van der Waals surface area (Å²) in [6.45, 7) is 7.70. The van der Waals surface area contributed by atoms with E-state index in [0.717, 1.165) is 56.6 Å². The van der Waals surface area contributed by atoms with Gasteiger partial charge in [-0.3, -0.25) is 0 Å². The molecule has 9 heteroatoms. The monoisotopic (exact) mass is 1150 g/mol. The van der Waals surface area contributed by atoms with Gasteiger partial charge in [-0.05, 0) is 175 Å². The van der Waals surface area contributed by atoms with Crippen LogP contribution in [-0.2, 0) is 10.8 Å². The summed E-state index contributed by atoms with van der Waals surface area (Å²) in [6, 6.07) is 77.1. The standard InChI is InChI=1S/C78H49F6NO2/c1-3-48-18-32-57(33-19-48)86-59-36-24-52(25-37-59)77(69-44-73(81)75(83)46-71(69)79)65-16-10-8-14-61(65)63-40-30-55(42-67(63)77)85(54-28-22-51(23-29-54)50-12-6-5-7-13-50)56-31-41-64-62-15-9-11-17-66(62)78(68(64)43-56,70-45-74(82)76(84)47-72(70)80)53-26-38-60(39-27-53)87-58-34-20-49(4-2)21-35-58/h3-47H,1-2H2. The van der Waals surface area contributed by atoms with Crippen LogP contribution in [0.3, 0.4) is 0 Å². The Bertz CT molecular complexity index is 4410. The molecule has 12 aromatic carbocycles. The molecule has 420 valence electrons. The van der Waals surface area contributed by atoms with Gasteiger partial charge in [0.1, 0.15) is 34.6 Å². The molecular formula is C78H49F6NO2. The van der Waals surface area contributed by atoms with E-state index in [1.807, 2.05) is 217 Å². The van der Waals surface area contributed by atoms with Gasteiger partial charge < -0.3 is 14.4 Å². The van der Waals surface area contributed by atoms with Crippen LogP contribution in [0, 0.1) is 34.9 Å². The van der Waals surface area contributed by atoms with Crippen LogP contribution in [0.5, 0.6) is 23.0 Å². The molecule has 0 N–H and O–H groups in total. The number of rotatable bonds is 14. The Morgan fingerprint density at radius 3 is 1.05 bits per heavy atom. The quantitative estimate of drug-likeness (QED) is 0.0800. The highest BCUT2D eigenvalue weighted by Gasteiger charge is 2.50. The van der Waals surface area contributed by atoms with Crippen LogP contribution in [-0.4, -0.2) is 0 Å². The first-order valence-corrected chi connectivity index (χ1v) is 28.2. The van der Waals surface area contributed by atoms with Gasteiger partial charge in [-0.15, -0.1) is 0 Å². The van der Waals surface area contributed by atoms with Gasteiger partial charge in [0.2, 0.25) is 0 Å². The minimum absolute atomic E-state index is 0.118. The van der Waals surface area contributed by atoms with Crippen molar-refractivity contribution in [2.75, 3.05) is 4.90 Å². The zero-order chi connectivity index (χ0) is 59.6. The number of hydrogen-bond donors (Lipinski definition) is 0. The molecule has 2 unspecified atom stereocenters. The zero-order valence-corrected chi connectivity index (χ0v) is 46.4. The SMILES string of the molecule is C=Cc1ccc(Oc2ccc(C3(c4cc(F)c(F)cc4F)c4ccccc4-c4ccc(N(c5ccc(-c6ccccc6)cc5)c5ccc6c(c5)C(c5ccc(Oc7ccc(C=C)cc7)cc5)(c5cc(F)c(F)cc5F)c5ccccc5-6)cc43)cc2)cc1. The van der Waals surface area contributed by atoms with Crippen molar-refractivity contribution in [2.45, 2.75) is 10.8 Å². The normalized spacial score (nSPS) is 15.2. The van der Waals surface area contributed by atoms with Crippen LogP contribution in [0.4, 0.5) is 43.4 Å². The molecule has 0 aliphatic heterocycles. The predicted octanol–water partition coefficient (Wildman–Crippen LogP) is 21.3. The average molecular weight is 1150 g/mol. The van der Waals surface area contributed by atoms with Gasteiger partial charge >= 0.3 is 0 Å². The molecule has 12 aromatic rings. The summed E-state index contributed by atoms with van der Waals surface area (Å²) < 4.78 is 110. The summed E-state index contributed by atoms with van der Waals surface area (Å²) >= 11 is 0. The lowest BCUT2D eigenvalue weighted by Crippen LogP contribution is -2.31. The first kappa shape index (κ1) is 54.1. The lowest BCUT2D eigenvalue weighted by atomic mass is 9.67. The third-order valence-electron chi connectivity index (χ3n) is 16.9. The smallest absolute Gasteiger partial charge is 0.161 e. The minimum atomic E-state index is -1.60. The fraction of sp³-hybridized carbons (Fsp3) is 0.0256. The predicted molar refractivity (Wildman–Crippen MR) is 334 cm³/mol. The van der Waals surface area contributed by atoms with E-state index in [4.69, 9.17) is 9.47 Å². The largest absolute Gasteiger partial charge is 0.457 e. The molecule has 0 heterocycles. The minimum Gasteiger partial charge on any atom is -0.457 e. The van der Waals surface area contributed by atoms with E-state index < -0.39 is 45.7 Å². The lowest BCUT2D eigenvalue weighted by molar-refractivity contribution is 0.480. The summed E-state index contributed by atoms with van der Waals surface area (Å²) in [7, 11) is 0. The molecule has 0 bridgehead atoms. The fourth-order valence-corrected chi connectivity index (χ4v) is 13.0. The Morgan fingerprint density at radius 1 is 0.287 bits per heavy atom. The molecule has 0 saturated heterocycles. The fourth-order valence-electron chi connectivity index (χ4n) is 13.0. The van der Waals surface area contributed by atoms with Crippen molar-refractivity contribution in [3.63, 3.8) is 0 Å². The Morgan fingerprint density at radius 2 is 0.632 bits per heavy atom. The zero-order valence-electron chi connectivity index (χ0n) is 46.4. The second-order valence-electron chi connectivity index (χ2n) is 21.6. The molecule has 2 aliphatic rings. The number of benzene rings is 12. The Labute approximate surface area is 499 Å². The number of ether oxygens (including phenoxy) is 2. The van der Waals surface area contributed by atoms with Gasteiger partial charge in [0.05, 0.1) is 10.8 Å². The van der Waals surface area contributed by atoms with E-state index >= 15 is 26.3 Å². The number of fused-ring (bicyclic) bond motifs is 6. The summed E-state index contributed by atoms with van der Waals surface area (Å²) in [5.41, 5.74) is 8.58. The van der Waals surface area contributed by atoms with Crippen LogP contribution in [0.25, 0.3) is 45.5 Å². The summed E-state index contributed by atoms with van der Waals surface area (Å²) in [5, 5.41) is 0. The molecule has 0 saturated carbocycles. The van der Waals surface area contributed by atoms with Crippen molar-refractivity contribution in [2.24, 2.45) is 0 Å². The Kier molecular flexibility index (Phi) is 13.4. The Balaban J connectivity index is 0.996. The van der Waals surface area contributed by atoms with Gasteiger partial charge in [-0.1, -0.05) is 177 Å². The van der Waals surface area contributed by atoms with E-state index in [1.54, 1.807) is 36.4 Å². The van der Waals surface area contributed by atoms with Crippen molar-refractivity contribution >= 4 is 29.2 Å². The summed E-state index contributed by atoms with van der Waals surface area (Å²) in [6.07, 6.45) is 3.47. The van der Waals surface area contributed by atoms with E-state index in [2.05, 4.69) is 13.2 Å². The molecule has 0 aromatic heterocycles. The van der Waals surface area contributed by atoms with Crippen LogP contribution in [0.1, 0.15) is 55.6 Å². The number of anilines is 3. The highest BCUT2D eigenvalue weighted by atomic mass is 19.2. The van der Waals surface area contributed by atoms with Crippen molar-refractivity contribution in [1.82, 2.24) is 0 Å². The second kappa shape index (κ2) is 21.6. The molecule has 3 nitrogen and oxygen atoms in total. The Hall–Kier alpha value is -10.9. The maximum absolute atomic E-state index is 17.3. The number of halogens is 6. The first-order valence-electron chi connectivity index (χ1n) is 28.2. The van der Waals surface area contributed by atoms with E-state index in [0.29, 0.717) is 85.6 Å². The molecule has 2 atom stereocenters. The van der Waals surface area contributed by atoms with Crippen LogP contribution in [0.15, 0.2) is 274 Å². The van der Waals surface area contributed by atoms with Crippen molar-refractivity contribution in [3.05, 3.63) is 365 Å². The van der Waals surface area contributed by atoms with Crippen molar-refractivity contribution in [1.29, 1.82) is 0 Å². The van der Waals surface area contributed by atoms with Crippen molar-refractivity contribution < 1.29 is 35.8 Å². The molecule has 87 heavy (non-hydrogen) atoms. The maximum atomic E-state index is 17.3. The second-order valence-corrected chi connectivity index (χ2v) is 21.6. The maximum Gasteiger partial charge on any atom is 0.161 e. The van der Waals surface area contributed by atoms with Gasteiger partial charge in [-0.2, -0.15) is 0 Å². The highest BCUT2D eigenvalue weighted by Crippen LogP contribution is 2.61. The van der Waals surface area contributed by atoms with Crippen LogP contribution >= 0.6 is 0 Å². The van der Waals surface area contributed by atoms with Gasteiger partial charge in [0.15, 0.2) is 23.3 Å². The topological polar surface area (TPSA) is 21.7 Å². The molecule has 0 radical (unpaired) electrons. The van der Waals surface area contributed by atoms with E-state index in [-0.39, 0.29) is 11.1 Å². The number of hydrogen-bond acceptors (Lipinski definition) is 3. The third kappa shape index (κ3) is 9.01. The van der Waals surface area contributed by atoms with Crippen LogP contribution in [0.2, 0.25) is 0 Å². The molecular weight excluding hydrogens is 1100 g/mol. The average Bonchev–Trinajstić information content (AvgIpc) is 1.58. The van der Waals surface area contributed by atoms with E-state index in [1.165, 1.54) is 0 Å². The molecule has 0 spiro atoms. The van der Waals surface area contributed by atoms with Gasteiger partial charge in [0, 0.05) is 40.3 Å². The first-order chi connectivity index (χ1) is 42.5. The molecule has 0 fully saturated rings. The van der Waals surface area contributed by atoms with Crippen LogP contribution < -0.4 is 14.4 Å².